The fourth-order valence-corrected chi connectivity index (χ4v) is 1.26. The second-order valence-corrected chi connectivity index (χ2v) is 3.20. The van der Waals surface area contributed by atoms with Gasteiger partial charge in [0.25, 0.3) is 0 Å². The zero-order valence-corrected chi connectivity index (χ0v) is 9.14. The molecular formula is C10H8ClFN2O2. The summed E-state index contributed by atoms with van der Waals surface area (Å²) >= 11 is 5.56. The summed E-state index contributed by atoms with van der Waals surface area (Å²) in [6.45, 7) is 1.77. The molecule has 1 aromatic rings. The van der Waals surface area contributed by atoms with Gasteiger partial charge in [0, 0.05) is 5.02 Å². The number of benzene rings is 1. The number of ether oxygens (including phenoxy) is 1. The van der Waals surface area contributed by atoms with Crippen molar-refractivity contribution in [1.82, 2.24) is 0 Å². The molecule has 0 spiro atoms. The summed E-state index contributed by atoms with van der Waals surface area (Å²) in [6, 6.07) is 3.99. The summed E-state index contributed by atoms with van der Waals surface area (Å²) in [5, 5.41) is 11.0. The highest BCUT2D eigenvalue weighted by molar-refractivity contribution is 6.30. The monoisotopic (exact) mass is 242 g/mol. The van der Waals surface area contributed by atoms with Crippen LogP contribution in [0.15, 0.2) is 12.1 Å². The van der Waals surface area contributed by atoms with Gasteiger partial charge in [-0.25, -0.2) is 9.18 Å². The molecule has 1 N–H and O–H groups in total. The van der Waals surface area contributed by atoms with Crippen LogP contribution in [-0.2, 0) is 4.74 Å². The maximum atomic E-state index is 13.4. The van der Waals surface area contributed by atoms with E-state index in [9.17, 15) is 9.18 Å². The van der Waals surface area contributed by atoms with Crippen LogP contribution in [0.4, 0.5) is 14.9 Å². The molecule has 0 radical (unpaired) electrons. The standard InChI is InChI=1S/C10H8ClFN2O2/c1-2-16-10(15)14-9-6(5-13)3-7(11)4-8(9)12/h3-4H,2H2,1H3,(H,14,15). The highest BCUT2D eigenvalue weighted by Crippen LogP contribution is 2.24. The Morgan fingerprint density at radius 3 is 2.94 bits per heavy atom. The maximum Gasteiger partial charge on any atom is 0.411 e. The molecular weight excluding hydrogens is 235 g/mol. The third-order valence-corrected chi connectivity index (χ3v) is 1.90. The molecule has 6 heteroatoms. The molecule has 0 heterocycles. The van der Waals surface area contributed by atoms with E-state index in [1.54, 1.807) is 13.0 Å². The largest absolute Gasteiger partial charge is 0.450 e. The Kier molecular flexibility index (Phi) is 4.09. The topological polar surface area (TPSA) is 62.1 Å². The number of nitriles is 1. The quantitative estimate of drug-likeness (QED) is 0.867. The minimum atomic E-state index is -0.819. The van der Waals surface area contributed by atoms with E-state index in [1.807, 2.05) is 0 Å². The number of amides is 1. The van der Waals surface area contributed by atoms with E-state index in [2.05, 4.69) is 10.1 Å². The van der Waals surface area contributed by atoms with E-state index in [4.69, 9.17) is 16.9 Å². The average Bonchev–Trinajstić information content (AvgIpc) is 2.22. The Morgan fingerprint density at radius 1 is 1.69 bits per heavy atom. The van der Waals surface area contributed by atoms with Crippen LogP contribution in [0.1, 0.15) is 12.5 Å². The molecule has 1 amide bonds. The van der Waals surface area contributed by atoms with Crippen molar-refractivity contribution in [2.75, 3.05) is 11.9 Å². The lowest BCUT2D eigenvalue weighted by Crippen LogP contribution is -2.15. The molecule has 0 atom stereocenters. The molecule has 16 heavy (non-hydrogen) atoms. The summed E-state index contributed by atoms with van der Waals surface area (Å²) in [5.41, 5.74) is -0.289. The van der Waals surface area contributed by atoms with Crippen LogP contribution in [0, 0.1) is 17.1 Å². The van der Waals surface area contributed by atoms with Gasteiger partial charge >= 0.3 is 6.09 Å². The van der Waals surface area contributed by atoms with Crippen LogP contribution < -0.4 is 5.32 Å². The highest BCUT2D eigenvalue weighted by Gasteiger charge is 2.13. The average molecular weight is 243 g/mol. The SMILES string of the molecule is CCOC(=O)Nc1c(F)cc(Cl)cc1C#N. The lowest BCUT2D eigenvalue weighted by molar-refractivity contribution is 0.168. The Morgan fingerprint density at radius 2 is 2.38 bits per heavy atom. The highest BCUT2D eigenvalue weighted by atomic mass is 35.5. The van der Waals surface area contributed by atoms with Crippen molar-refractivity contribution in [1.29, 1.82) is 5.26 Å². The lowest BCUT2D eigenvalue weighted by Gasteiger charge is -2.08. The molecule has 0 saturated carbocycles. The molecule has 0 aliphatic carbocycles. The Balaban J connectivity index is 3.04. The number of hydrogen-bond acceptors (Lipinski definition) is 3. The number of carbonyl (C=O) groups excluding carboxylic acids is 1. The van der Waals surface area contributed by atoms with Crippen molar-refractivity contribution in [3.8, 4) is 6.07 Å². The maximum absolute atomic E-state index is 13.4. The Bertz CT molecular complexity index is 457. The van der Waals surface area contributed by atoms with Gasteiger partial charge in [-0.2, -0.15) is 5.26 Å². The minimum absolute atomic E-state index is 0.0574. The Hall–Kier alpha value is -1.80. The number of hydrogen-bond donors (Lipinski definition) is 1. The van der Waals surface area contributed by atoms with Crippen LogP contribution >= 0.6 is 11.6 Å². The molecule has 0 aliphatic rings. The van der Waals surface area contributed by atoms with Gasteiger partial charge < -0.3 is 4.74 Å². The van der Waals surface area contributed by atoms with Gasteiger partial charge in [0.1, 0.15) is 11.9 Å². The zero-order chi connectivity index (χ0) is 12.1. The second kappa shape index (κ2) is 5.33. The van der Waals surface area contributed by atoms with Crippen LogP contribution in [0.3, 0.4) is 0 Å². The minimum Gasteiger partial charge on any atom is -0.450 e. The van der Waals surface area contributed by atoms with Gasteiger partial charge in [-0.15, -0.1) is 0 Å². The van der Waals surface area contributed by atoms with E-state index in [1.165, 1.54) is 6.07 Å². The second-order valence-electron chi connectivity index (χ2n) is 2.77. The van der Waals surface area contributed by atoms with E-state index in [0.717, 1.165) is 6.07 Å². The van der Waals surface area contributed by atoms with E-state index >= 15 is 0 Å². The van der Waals surface area contributed by atoms with Crippen LogP contribution in [0.5, 0.6) is 0 Å². The molecule has 0 unspecified atom stereocenters. The molecule has 0 aliphatic heterocycles. The smallest absolute Gasteiger partial charge is 0.411 e. The van der Waals surface area contributed by atoms with Crippen molar-refractivity contribution in [2.24, 2.45) is 0 Å². The fraction of sp³-hybridized carbons (Fsp3) is 0.200. The summed E-state index contributed by atoms with van der Waals surface area (Å²) in [4.78, 5) is 11.1. The normalized spacial score (nSPS) is 9.38. The first-order valence-corrected chi connectivity index (χ1v) is 4.79. The van der Waals surface area contributed by atoms with Crippen molar-refractivity contribution in [3.63, 3.8) is 0 Å². The number of anilines is 1. The number of carbonyl (C=O) groups is 1. The first kappa shape index (κ1) is 12.3. The third-order valence-electron chi connectivity index (χ3n) is 1.68. The summed E-state index contributed by atoms with van der Waals surface area (Å²) in [6.07, 6.45) is -0.819. The van der Waals surface area contributed by atoms with E-state index in [0.29, 0.717) is 0 Å². The molecule has 0 bridgehead atoms. The van der Waals surface area contributed by atoms with Crippen molar-refractivity contribution < 1.29 is 13.9 Å². The molecule has 84 valence electrons. The summed E-state index contributed by atoms with van der Waals surface area (Å²) < 4.78 is 18.0. The van der Waals surface area contributed by atoms with Crippen LogP contribution in [-0.4, -0.2) is 12.7 Å². The number of rotatable bonds is 2. The van der Waals surface area contributed by atoms with Gasteiger partial charge in [0.2, 0.25) is 0 Å². The van der Waals surface area contributed by atoms with Crippen LogP contribution in [0.25, 0.3) is 0 Å². The van der Waals surface area contributed by atoms with Gasteiger partial charge in [-0.3, -0.25) is 5.32 Å². The van der Waals surface area contributed by atoms with Crippen molar-refractivity contribution in [3.05, 3.63) is 28.5 Å². The molecule has 0 saturated heterocycles. The molecule has 1 rings (SSSR count). The zero-order valence-electron chi connectivity index (χ0n) is 8.38. The van der Waals surface area contributed by atoms with Gasteiger partial charge in [-0.05, 0) is 19.1 Å². The van der Waals surface area contributed by atoms with E-state index in [-0.39, 0.29) is 22.9 Å². The van der Waals surface area contributed by atoms with Crippen LogP contribution in [0.2, 0.25) is 5.02 Å². The molecule has 0 aromatic heterocycles. The predicted molar refractivity (Wildman–Crippen MR) is 56.8 cm³/mol. The molecule has 0 fully saturated rings. The predicted octanol–water partition coefficient (Wildman–Crippen LogP) is 2.92. The van der Waals surface area contributed by atoms with Gasteiger partial charge in [0.05, 0.1) is 17.9 Å². The fourth-order valence-electron chi connectivity index (χ4n) is 1.06. The van der Waals surface area contributed by atoms with E-state index < -0.39 is 11.9 Å². The molecule has 1 aromatic carbocycles. The van der Waals surface area contributed by atoms with Gasteiger partial charge in [-0.1, -0.05) is 11.6 Å². The first-order chi connectivity index (χ1) is 7.58. The number of nitrogens with one attached hydrogen (secondary N) is 1. The molecule has 4 nitrogen and oxygen atoms in total. The number of nitrogens with zero attached hydrogens (tertiary/aromatic N) is 1. The van der Waals surface area contributed by atoms with Gasteiger partial charge in [0.15, 0.2) is 0 Å². The van der Waals surface area contributed by atoms with Crippen molar-refractivity contribution in [2.45, 2.75) is 6.92 Å². The first-order valence-electron chi connectivity index (χ1n) is 4.41. The van der Waals surface area contributed by atoms with Crippen molar-refractivity contribution >= 4 is 23.4 Å². The Labute approximate surface area is 96.6 Å². The lowest BCUT2D eigenvalue weighted by atomic mass is 10.2. The third kappa shape index (κ3) is 2.84. The summed E-state index contributed by atoms with van der Waals surface area (Å²) in [7, 11) is 0. The number of halogens is 2. The summed E-state index contributed by atoms with van der Waals surface area (Å²) in [5.74, 6) is -0.780.